The van der Waals surface area contributed by atoms with Crippen LogP contribution in [0.4, 0.5) is 10.1 Å². The highest BCUT2D eigenvalue weighted by molar-refractivity contribution is 6.01. The van der Waals surface area contributed by atoms with E-state index in [2.05, 4.69) is 27.6 Å². The van der Waals surface area contributed by atoms with Gasteiger partial charge < -0.3 is 15.5 Å². The van der Waals surface area contributed by atoms with Gasteiger partial charge in [-0.15, -0.1) is 0 Å². The highest BCUT2D eigenvalue weighted by atomic mass is 19.1. The van der Waals surface area contributed by atoms with Gasteiger partial charge in [-0.25, -0.2) is 4.39 Å². The minimum absolute atomic E-state index is 0.273. The van der Waals surface area contributed by atoms with Crippen LogP contribution in [0.2, 0.25) is 0 Å². The number of nitrogens with zero attached hydrogens (tertiary/aromatic N) is 2. The summed E-state index contributed by atoms with van der Waals surface area (Å²) in [6.45, 7) is 3.83. The van der Waals surface area contributed by atoms with Crippen LogP contribution in [0.1, 0.15) is 35.3 Å². The van der Waals surface area contributed by atoms with Crippen LogP contribution in [0.25, 0.3) is 0 Å². The number of hydrogen-bond donors (Lipinski definition) is 2. The Kier molecular flexibility index (Phi) is 6.93. The van der Waals surface area contributed by atoms with E-state index in [0.717, 1.165) is 31.6 Å². The van der Waals surface area contributed by atoms with Crippen molar-refractivity contribution in [1.29, 1.82) is 0 Å². The summed E-state index contributed by atoms with van der Waals surface area (Å²) in [5, 5.41) is 5.68. The van der Waals surface area contributed by atoms with E-state index in [9.17, 15) is 14.0 Å². The Balaban J connectivity index is 1.71. The first-order chi connectivity index (χ1) is 13.9. The first-order valence-corrected chi connectivity index (χ1v) is 9.89. The maximum atomic E-state index is 13.1. The smallest absolute Gasteiger partial charge is 0.251 e. The maximum absolute atomic E-state index is 13.1. The molecule has 1 fully saturated rings. The zero-order valence-corrected chi connectivity index (χ0v) is 16.8. The summed E-state index contributed by atoms with van der Waals surface area (Å²) in [6, 6.07) is 8.23. The fourth-order valence-corrected chi connectivity index (χ4v) is 3.48. The monoisotopic (exact) mass is 398 g/mol. The molecule has 29 heavy (non-hydrogen) atoms. The van der Waals surface area contributed by atoms with E-state index in [0.29, 0.717) is 23.6 Å². The van der Waals surface area contributed by atoms with Crippen molar-refractivity contribution in [3.05, 3.63) is 59.7 Å². The van der Waals surface area contributed by atoms with Crippen LogP contribution in [0.5, 0.6) is 0 Å². The van der Waals surface area contributed by atoms with Gasteiger partial charge in [0.1, 0.15) is 11.9 Å². The molecular weight excluding hydrogens is 371 g/mol. The minimum atomic E-state index is -0.678. The number of aromatic nitrogens is 1. The molecular formula is C22H27FN4O2. The molecule has 2 heterocycles. The number of anilines is 1. The quantitative estimate of drug-likeness (QED) is 0.785. The summed E-state index contributed by atoms with van der Waals surface area (Å²) in [6.07, 6.45) is 4.13. The van der Waals surface area contributed by atoms with Crippen LogP contribution < -0.4 is 10.6 Å². The van der Waals surface area contributed by atoms with Crippen molar-refractivity contribution in [3.8, 4) is 0 Å². The van der Waals surface area contributed by atoms with Crippen molar-refractivity contribution < 1.29 is 14.0 Å². The first-order valence-electron chi connectivity index (χ1n) is 9.89. The zero-order valence-electron chi connectivity index (χ0n) is 16.8. The van der Waals surface area contributed by atoms with Crippen molar-refractivity contribution >= 4 is 17.5 Å². The number of hydrogen-bond acceptors (Lipinski definition) is 4. The molecule has 2 amide bonds. The predicted molar refractivity (Wildman–Crippen MR) is 110 cm³/mol. The summed E-state index contributed by atoms with van der Waals surface area (Å²) in [5.41, 5.74) is 1.77. The maximum Gasteiger partial charge on any atom is 0.251 e. The molecule has 2 aromatic rings. The molecule has 2 N–H and O–H groups in total. The van der Waals surface area contributed by atoms with Crippen LogP contribution in [0, 0.1) is 18.7 Å². The molecule has 0 unspecified atom stereocenters. The molecule has 154 valence electrons. The highest BCUT2D eigenvalue weighted by Gasteiger charge is 2.27. The molecule has 1 aliphatic heterocycles. The van der Waals surface area contributed by atoms with Crippen molar-refractivity contribution in [3.63, 3.8) is 0 Å². The third kappa shape index (κ3) is 6.09. The molecule has 7 heteroatoms. The van der Waals surface area contributed by atoms with Gasteiger partial charge in [0.2, 0.25) is 5.91 Å². The summed E-state index contributed by atoms with van der Waals surface area (Å²) >= 11 is 0. The van der Waals surface area contributed by atoms with Crippen molar-refractivity contribution in [1.82, 2.24) is 15.2 Å². The Morgan fingerprint density at radius 3 is 2.48 bits per heavy atom. The second-order valence-electron chi connectivity index (χ2n) is 7.69. The molecule has 1 aromatic heterocycles. The fraction of sp³-hybridized carbons (Fsp3) is 0.409. The van der Waals surface area contributed by atoms with Crippen LogP contribution >= 0.6 is 0 Å². The lowest BCUT2D eigenvalue weighted by molar-refractivity contribution is -0.118. The number of nitrogens with one attached hydrogen (secondary N) is 2. The summed E-state index contributed by atoms with van der Waals surface area (Å²) in [5.74, 6) is -0.717. The molecule has 0 saturated carbocycles. The molecule has 1 atom stereocenters. The number of piperidine rings is 1. The number of carbonyl (C=O) groups is 2. The summed E-state index contributed by atoms with van der Waals surface area (Å²) < 4.78 is 13.1. The zero-order chi connectivity index (χ0) is 20.8. The number of pyridine rings is 1. The molecule has 1 saturated heterocycles. The topological polar surface area (TPSA) is 74.3 Å². The van der Waals surface area contributed by atoms with Crippen LogP contribution in [0.15, 0.2) is 42.6 Å². The molecule has 6 nitrogen and oxygen atoms in total. The molecule has 3 rings (SSSR count). The van der Waals surface area contributed by atoms with E-state index in [4.69, 9.17) is 0 Å². The Morgan fingerprint density at radius 2 is 1.86 bits per heavy atom. The molecule has 1 aliphatic rings. The van der Waals surface area contributed by atoms with E-state index in [1.165, 1.54) is 24.3 Å². The number of amides is 2. The largest absolute Gasteiger partial charge is 0.340 e. The Hall–Kier alpha value is -2.80. The van der Waals surface area contributed by atoms with E-state index in [1.54, 1.807) is 12.3 Å². The highest BCUT2D eigenvalue weighted by Crippen LogP contribution is 2.22. The van der Waals surface area contributed by atoms with Gasteiger partial charge in [0.15, 0.2) is 0 Å². The van der Waals surface area contributed by atoms with Gasteiger partial charge in [-0.2, -0.15) is 0 Å². The SMILES string of the molecule is Cc1ccc(NC(=O)[C@H](CC2CCN(C)CC2)NC(=O)c2ccc(F)cc2)cn1. The Bertz CT molecular complexity index is 831. The molecule has 0 radical (unpaired) electrons. The van der Waals surface area contributed by atoms with Gasteiger partial charge in [0.05, 0.1) is 11.9 Å². The number of halogens is 1. The van der Waals surface area contributed by atoms with Crippen molar-refractivity contribution in [2.75, 3.05) is 25.5 Å². The molecule has 0 bridgehead atoms. The van der Waals surface area contributed by atoms with Gasteiger partial charge in [0, 0.05) is 11.3 Å². The van der Waals surface area contributed by atoms with Crippen LogP contribution in [0.3, 0.4) is 0 Å². The standard InChI is InChI=1S/C22H27FN4O2/c1-15-3-8-19(14-24-15)25-22(29)20(13-16-9-11-27(2)12-10-16)26-21(28)17-4-6-18(23)7-5-17/h3-8,14,16,20H,9-13H2,1-2H3,(H,25,29)(H,26,28)/t20-/m0/s1. The summed E-state index contributed by atoms with van der Waals surface area (Å²) in [7, 11) is 2.08. The predicted octanol–water partition coefficient (Wildman–Crippen LogP) is 3.00. The number of likely N-dealkylation sites (tertiary alicyclic amines) is 1. The first kappa shape index (κ1) is 20.9. The molecule has 0 aliphatic carbocycles. The molecule has 1 aromatic carbocycles. The number of rotatable bonds is 6. The van der Waals surface area contributed by atoms with Crippen LogP contribution in [-0.2, 0) is 4.79 Å². The van der Waals surface area contributed by atoms with Gasteiger partial charge in [-0.05, 0) is 88.6 Å². The Labute approximate surface area is 170 Å². The van der Waals surface area contributed by atoms with Crippen molar-refractivity contribution in [2.45, 2.75) is 32.2 Å². The van der Waals surface area contributed by atoms with Gasteiger partial charge in [-0.3, -0.25) is 14.6 Å². The minimum Gasteiger partial charge on any atom is -0.340 e. The van der Waals surface area contributed by atoms with Crippen LogP contribution in [-0.4, -0.2) is 47.9 Å². The number of benzene rings is 1. The van der Waals surface area contributed by atoms with Gasteiger partial charge >= 0.3 is 0 Å². The van der Waals surface area contributed by atoms with E-state index < -0.39 is 11.9 Å². The van der Waals surface area contributed by atoms with Crippen molar-refractivity contribution in [2.24, 2.45) is 5.92 Å². The molecule has 0 spiro atoms. The third-order valence-electron chi connectivity index (χ3n) is 5.31. The van der Waals surface area contributed by atoms with Gasteiger partial charge in [0.25, 0.3) is 5.91 Å². The van der Waals surface area contributed by atoms with E-state index >= 15 is 0 Å². The van der Waals surface area contributed by atoms with Gasteiger partial charge in [-0.1, -0.05) is 0 Å². The number of aryl methyl sites for hydroxylation is 1. The summed E-state index contributed by atoms with van der Waals surface area (Å²) in [4.78, 5) is 32.0. The lowest BCUT2D eigenvalue weighted by atomic mass is 9.90. The third-order valence-corrected chi connectivity index (χ3v) is 5.31. The Morgan fingerprint density at radius 1 is 1.17 bits per heavy atom. The average Bonchev–Trinajstić information content (AvgIpc) is 2.71. The second-order valence-corrected chi connectivity index (χ2v) is 7.69. The lowest BCUT2D eigenvalue weighted by Gasteiger charge is -2.31. The normalized spacial score (nSPS) is 16.2. The average molecular weight is 398 g/mol. The fourth-order valence-electron chi connectivity index (χ4n) is 3.48. The lowest BCUT2D eigenvalue weighted by Crippen LogP contribution is -2.46. The second kappa shape index (κ2) is 9.60. The van der Waals surface area contributed by atoms with E-state index in [-0.39, 0.29) is 11.8 Å². The number of carbonyl (C=O) groups excluding carboxylic acids is 2. The van der Waals surface area contributed by atoms with E-state index in [1.807, 2.05) is 13.0 Å².